The van der Waals surface area contributed by atoms with E-state index in [1.54, 1.807) is 24.3 Å². The van der Waals surface area contributed by atoms with Crippen molar-refractivity contribution in [1.82, 2.24) is 14.5 Å². The van der Waals surface area contributed by atoms with E-state index in [-0.39, 0.29) is 32.4 Å². The highest BCUT2D eigenvalue weighted by Crippen LogP contribution is 2.41. The molecule has 5 aromatic rings. The predicted octanol–water partition coefficient (Wildman–Crippen LogP) is -1.95. The summed E-state index contributed by atoms with van der Waals surface area (Å²) in [7, 11) is 0. The largest absolute Gasteiger partial charge is 0.394 e. The highest BCUT2D eigenvalue weighted by Gasteiger charge is 2.45. The summed E-state index contributed by atoms with van der Waals surface area (Å²) in [5.74, 6) is 0. The van der Waals surface area contributed by atoms with Gasteiger partial charge in [0.2, 0.25) is 0 Å². The third kappa shape index (κ3) is 2.43. The Hall–Kier alpha value is -3.68. The molecule has 1 saturated heterocycles. The Morgan fingerprint density at radius 3 is 1.97 bits per heavy atom. The molecule has 0 radical (unpaired) electrons. The number of nitrogens with one attached hydrogen (secondary N) is 2. The third-order valence-corrected chi connectivity index (χ3v) is 6.63. The van der Waals surface area contributed by atoms with E-state index in [1.807, 2.05) is 0 Å². The number of hydrogen-bond acceptors (Lipinski definition) is 9. The lowest BCUT2D eigenvalue weighted by Crippen LogP contribution is -2.56. The molecule has 0 amide bonds. The summed E-state index contributed by atoms with van der Waals surface area (Å²) in [5, 5.41) is 40.9. The molecule has 3 aromatic heterocycles. The fraction of sp³-hybridized carbons (Fsp3) is 0.273. The minimum absolute atomic E-state index is 0.0347. The van der Waals surface area contributed by atoms with Gasteiger partial charge in [0.1, 0.15) is 24.4 Å². The summed E-state index contributed by atoms with van der Waals surface area (Å²) < 4.78 is 7.10. The van der Waals surface area contributed by atoms with Crippen LogP contribution in [0.3, 0.4) is 0 Å². The molecule has 0 bridgehead atoms. The van der Waals surface area contributed by atoms with Crippen LogP contribution >= 0.6 is 0 Å². The van der Waals surface area contributed by atoms with Gasteiger partial charge in [-0.15, -0.1) is 0 Å². The number of nitrogens with zero attached hydrogens (tertiary/aromatic N) is 1. The highest BCUT2D eigenvalue weighted by molar-refractivity contribution is 6.31. The molecule has 5 atom stereocenters. The number of benzene rings is 2. The minimum Gasteiger partial charge on any atom is -0.394 e. The van der Waals surface area contributed by atoms with Gasteiger partial charge in [0.05, 0.1) is 39.2 Å². The molecule has 6 N–H and O–H groups in total. The first-order valence-electron chi connectivity index (χ1n) is 10.4. The molecule has 12 heteroatoms. The van der Waals surface area contributed by atoms with Crippen molar-refractivity contribution in [3.05, 3.63) is 65.7 Å². The number of aromatic amines is 2. The van der Waals surface area contributed by atoms with E-state index < -0.39 is 59.5 Å². The molecular formula is C22H17N3O9. The van der Waals surface area contributed by atoms with E-state index in [0.29, 0.717) is 10.9 Å². The van der Waals surface area contributed by atoms with Crippen molar-refractivity contribution in [3.63, 3.8) is 0 Å². The number of fused-ring (bicyclic) bond motifs is 8. The summed E-state index contributed by atoms with van der Waals surface area (Å²) >= 11 is 0. The third-order valence-electron chi connectivity index (χ3n) is 6.63. The number of H-pyrrole nitrogens is 2. The van der Waals surface area contributed by atoms with Crippen LogP contribution in [-0.4, -0.2) is 66.0 Å². The maximum absolute atomic E-state index is 12.9. The molecule has 174 valence electrons. The van der Waals surface area contributed by atoms with Crippen LogP contribution in [-0.2, 0) is 4.74 Å². The Bertz CT molecular complexity index is 1840. The zero-order valence-electron chi connectivity index (χ0n) is 17.2. The first kappa shape index (κ1) is 20.9. The first-order chi connectivity index (χ1) is 16.3. The van der Waals surface area contributed by atoms with Crippen LogP contribution in [0.25, 0.3) is 43.4 Å². The van der Waals surface area contributed by atoms with Crippen LogP contribution in [0, 0.1) is 0 Å². The lowest BCUT2D eigenvalue weighted by Gasteiger charge is -2.41. The number of aliphatic hydroxyl groups is 4. The maximum atomic E-state index is 12.9. The summed E-state index contributed by atoms with van der Waals surface area (Å²) in [5.41, 5.74) is -2.84. The number of aromatic nitrogens is 3. The van der Waals surface area contributed by atoms with E-state index in [0.717, 1.165) is 0 Å². The molecule has 1 fully saturated rings. The summed E-state index contributed by atoms with van der Waals surface area (Å²) in [6.45, 7) is -0.679. The van der Waals surface area contributed by atoms with Gasteiger partial charge in [0.15, 0.2) is 6.23 Å². The van der Waals surface area contributed by atoms with Crippen molar-refractivity contribution in [1.29, 1.82) is 0 Å². The number of aliphatic hydroxyl groups excluding tert-OH is 4. The van der Waals surface area contributed by atoms with Crippen molar-refractivity contribution >= 4 is 43.4 Å². The second-order valence-electron chi connectivity index (χ2n) is 8.40. The van der Waals surface area contributed by atoms with Crippen LogP contribution in [0.5, 0.6) is 0 Å². The molecule has 0 spiro atoms. The van der Waals surface area contributed by atoms with Crippen molar-refractivity contribution in [2.75, 3.05) is 6.61 Å². The molecule has 1 unspecified atom stereocenters. The van der Waals surface area contributed by atoms with E-state index in [1.165, 1.54) is 4.57 Å². The SMILES string of the molecule is O=c1[nH]c(=O)c2c1c1c(=O)[nH]c(=O)c1c1c2c2ccccc2n1C1O[C@H](CO)[C@@H](O)[C@H](O)[C@H]1O. The smallest absolute Gasteiger partial charge is 0.261 e. The molecule has 6 rings (SSSR count). The van der Waals surface area contributed by atoms with E-state index in [4.69, 9.17) is 4.74 Å². The average molecular weight is 467 g/mol. The Balaban J connectivity index is 1.90. The zero-order chi connectivity index (χ0) is 24.0. The van der Waals surface area contributed by atoms with Gasteiger partial charge in [-0.2, -0.15) is 0 Å². The van der Waals surface area contributed by atoms with Gasteiger partial charge < -0.3 is 29.7 Å². The number of para-hydroxylation sites is 1. The Morgan fingerprint density at radius 1 is 0.765 bits per heavy atom. The normalized spacial score (nSPS) is 25.8. The Kier molecular flexibility index (Phi) is 4.25. The first-order valence-corrected chi connectivity index (χ1v) is 10.4. The zero-order valence-corrected chi connectivity index (χ0v) is 17.2. The lowest BCUT2D eigenvalue weighted by molar-refractivity contribution is -0.249. The molecule has 12 nitrogen and oxygen atoms in total. The van der Waals surface area contributed by atoms with Gasteiger partial charge in [0.25, 0.3) is 22.2 Å². The average Bonchev–Trinajstić information content (AvgIpc) is 3.41. The molecule has 34 heavy (non-hydrogen) atoms. The van der Waals surface area contributed by atoms with Gasteiger partial charge >= 0.3 is 0 Å². The standard InChI is InChI=1S/C22H17N3O9/c26-5-8-15(27)16(28)17(29)22(34-8)25-7-4-2-1-3-6(7)9-10-11(19(31)23-18(10)30)12-13(14(9)25)21(33)24-20(12)32/h1-4,8,15-17,22,26-29H,5H2,(H,23,30,31)(H,24,32,33)/t8-,15-,16+,17-,22?/m1/s1. The second-order valence-corrected chi connectivity index (χ2v) is 8.40. The molecular weight excluding hydrogens is 450 g/mol. The summed E-state index contributed by atoms with van der Waals surface area (Å²) in [6.07, 6.45) is -7.72. The predicted molar refractivity (Wildman–Crippen MR) is 120 cm³/mol. The monoisotopic (exact) mass is 467 g/mol. The van der Waals surface area contributed by atoms with Gasteiger partial charge in [-0.05, 0) is 6.07 Å². The van der Waals surface area contributed by atoms with Gasteiger partial charge in [-0.1, -0.05) is 18.2 Å². The summed E-state index contributed by atoms with van der Waals surface area (Å²) in [6, 6.07) is 6.56. The minimum atomic E-state index is -1.71. The Morgan fingerprint density at radius 2 is 1.32 bits per heavy atom. The molecule has 4 heterocycles. The molecule has 1 aliphatic rings. The molecule has 0 aliphatic carbocycles. The van der Waals surface area contributed by atoms with Crippen molar-refractivity contribution < 1.29 is 25.2 Å². The second kappa shape index (κ2) is 6.91. The Labute approximate surface area is 186 Å². The van der Waals surface area contributed by atoms with Crippen molar-refractivity contribution in [2.45, 2.75) is 30.6 Å². The summed E-state index contributed by atoms with van der Waals surface area (Å²) in [4.78, 5) is 55.3. The van der Waals surface area contributed by atoms with E-state index >= 15 is 0 Å². The number of rotatable bonds is 2. The van der Waals surface area contributed by atoms with Crippen molar-refractivity contribution in [2.24, 2.45) is 0 Å². The fourth-order valence-corrected chi connectivity index (χ4v) is 5.17. The quantitative estimate of drug-likeness (QED) is 0.171. The fourth-order valence-electron chi connectivity index (χ4n) is 5.17. The lowest BCUT2D eigenvalue weighted by atomic mass is 9.98. The van der Waals surface area contributed by atoms with Gasteiger partial charge in [-0.3, -0.25) is 29.1 Å². The highest BCUT2D eigenvalue weighted by atomic mass is 16.6. The van der Waals surface area contributed by atoms with Gasteiger partial charge in [0, 0.05) is 10.8 Å². The van der Waals surface area contributed by atoms with Crippen molar-refractivity contribution in [3.8, 4) is 0 Å². The molecule has 1 aliphatic heterocycles. The molecule has 2 aromatic carbocycles. The van der Waals surface area contributed by atoms with Crippen LogP contribution in [0.15, 0.2) is 43.4 Å². The van der Waals surface area contributed by atoms with E-state index in [9.17, 15) is 39.6 Å². The number of hydrogen-bond donors (Lipinski definition) is 6. The van der Waals surface area contributed by atoms with Crippen LogP contribution < -0.4 is 22.2 Å². The van der Waals surface area contributed by atoms with Crippen LogP contribution in [0.1, 0.15) is 6.23 Å². The number of ether oxygens (including phenoxy) is 1. The topological polar surface area (TPSA) is 195 Å². The van der Waals surface area contributed by atoms with Gasteiger partial charge in [-0.25, -0.2) is 0 Å². The van der Waals surface area contributed by atoms with Crippen LogP contribution in [0.4, 0.5) is 0 Å². The maximum Gasteiger partial charge on any atom is 0.261 e. The molecule has 0 saturated carbocycles. The van der Waals surface area contributed by atoms with Crippen LogP contribution in [0.2, 0.25) is 0 Å². The van der Waals surface area contributed by atoms with E-state index in [2.05, 4.69) is 9.97 Å².